The second-order valence-electron chi connectivity index (χ2n) is 9.14. The fourth-order valence-electron chi connectivity index (χ4n) is 5.09. The number of aliphatic hydroxyl groups is 1. The standard InChI is InChI=1S/C30H27ClN2O3/c1-18-9-11-20(12-10-18)29(35)28-26(19-13-15-23(36-2)16-14-19)27-24(7-4-8-25(27)34)33(30(28)32)22-6-3-5-21(31)17-22/h3,5-6,9-17,26,32,35H,4,7-8H2,1-2H3/b29-28+,32-30?. The van der Waals surface area contributed by atoms with Gasteiger partial charge in [0.2, 0.25) is 0 Å². The zero-order valence-corrected chi connectivity index (χ0v) is 21.0. The molecule has 2 N–H and O–H groups in total. The number of allylic oxidation sites excluding steroid dienone is 2. The normalized spacial score (nSPS) is 19.3. The van der Waals surface area contributed by atoms with Crippen molar-refractivity contribution in [1.29, 1.82) is 5.41 Å². The third kappa shape index (κ3) is 4.20. The second kappa shape index (κ2) is 9.67. The lowest BCUT2D eigenvalue weighted by Gasteiger charge is -2.41. The molecule has 182 valence electrons. The highest BCUT2D eigenvalue weighted by Gasteiger charge is 2.43. The van der Waals surface area contributed by atoms with E-state index in [0.29, 0.717) is 52.4 Å². The number of carbonyl (C=O) groups excluding carboxylic acids is 1. The van der Waals surface area contributed by atoms with Gasteiger partial charge in [-0.1, -0.05) is 59.6 Å². The predicted octanol–water partition coefficient (Wildman–Crippen LogP) is 7.21. The number of hydrogen-bond acceptors (Lipinski definition) is 4. The van der Waals surface area contributed by atoms with Gasteiger partial charge in [0.05, 0.1) is 7.11 Å². The second-order valence-corrected chi connectivity index (χ2v) is 9.57. The maximum absolute atomic E-state index is 13.5. The molecule has 1 aliphatic heterocycles. The van der Waals surface area contributed by atoms with Gasteiger partial charge in [0.15, 0.2) is 5.78 Å². The number of amidine groups is 1. The number of hydrogen-bond donors (Lipinski definition) is 2. The largest absolute Gasteiger partial charge is 0.507 e. The van der Waals surface area contributed by atoms with Crippen LogP contribution in [0.5, 0.6) is 5.75 Å². The van der Waals surface area contributed by atoms with Crippen LogP contribution in [0.25, 0.3) is 5.76 Å². The molecular formula is C30H27ClN2O3. The topological polar surface area (TPSA) is 73.6 Å². The molecule has 0 bridgehead atoms. The summed E-state index contributed by atoms with van der Waals surface area (Å²) in [4.78, 5) is 15.3. The summed E-state index contributed by atoms with van der Waals surface area (Å²) in [6, 6.07) is 22.3. The first-order valence-electron chi connectivity index (χ1n) is 11.9. The molecule has 5 rings (SSSR count). The average molecular weight is 499 g/mol. The summed E-state index contributed by atoms with van der Waals surface area (Å²) in [5.74, 6) is 0.263. The van der Waals surface area contributed by atoms with E-state index in [4.69, 9.17) is 16.3 Å². The van der Waals surface area contributed by atoms with Crippen LogP contribution >= 0.6 is 11.6 Å². The van der Waals surface area contributed by atoms with Crippen molar-refractivity contribution in [3.05, 3.63) is 111 Å². The molecule has 1 atom stereocenters. The number of nitrogens with zero attached hydrogens (tertiary/aromatic N) is 1. The van der Waals surface area contributed by atoms with Crippen LogP contribution in [0.3, 0.4) is 0 Å². The number of ketones is 1. The third-order valence-electron chi connectivity index (χ3n) is 6.85. The number of nitrogens with one attached hydrogen (secondary N) is 1. The maximum Gasteiger partial charge on any atom is 0.161 e. The number of aliphatic hydroxyl groups excluding tert-OH is 1. The van der Waals surface area contributed by atoms with Crippen molar-refractivity contribution < 1.29 is 14.6 Å². The Kier molecular flexibility index (Phi) is 6.42. The number of carbonyl (C=O) groups is 1. The summed E-state index contributed by atoms with van der Waals surface area (Å²) in [6.07, 6.45) is 1.79. The number of benzene rings is 3. The van der Waals surface area contributed by atoms with Crippen molar-refractivity contribution in [3.63, 3.8) is 0 Å². The Morgan fingerprint density at radius 2 is 1.78 bits per heavy atom. The summed E-state index contributed by atoms with van der Waals surface area (Å²) in [5, 5.41) is 21.6. The Balaban J connectivity index is 1.81. The number of aryl methyl sites for hydroxylation is 1. The van der Waals surface area contributed by atoms with E-state index in [1.807, 2.05) is 67.6 Å². The van der Waals surface area contributed by atoms with Gasteiger partial charge in [-0.05, 0) is 55.7 Å². The number of ether oxygens (including phenoxy) is 1. The molecule has 36 heavy (non-hydrogen) atoms. The number of methoxy groups -OCH3 is 1. The van der Waals surface area contributed by atoms with Crippen molar-refractivity contribution in [2.75, 3.05) is 12.0 Å². The highest BCUT2D eigenvalue weighted by Crippen LogP contribution is 2.48. The van der Waals surface area contributed by atoms with E-state index in [0.717, 1.165) is 16.8 Å². The lowest BCUT2D eigenvalue weighted by molar-refractivity contribution is -0.116. The van der Waals surface area contributed by atoms with Gasteiger partial charge in [0.25, 0.3) is 0 Å². The van der Waals surface area contributed by atoms with Crippen LogP contribution in [0, 0.1) is 12.3 Å². The van der Waals surface area contributed by atoms with Gasteiger partial charge in [-0.3, -0.25) is 15.1 Å². The van der Waals surface area contributed by atoms with Crippen molar-refractivity contribution in [2.45, 2.75) is 32.1 Å². The lowest BCUT2D eigenvalue weighted by atomic mass is 9.73. The molecule has 5 nitrogen and oxygen atoms in total. The summed E-state index contributed by atoms with van der Waals surface area (Å²) in [6.45, 7) is 1.98. The van der Waals surface area contributed by atoms with Gasteiger partial charge in [0, 0.05) is 45.5 Å². The molecule has 3 aromatic carbocycles. The summed E-state index contributed by atoms with van der Waals surface area (Å²) in [5.41, 5.74) is 4.97. The molecule has 1 aliphatic carbocycles. The van der Waals surface area contributed by atoms with Gasteiger partial charge >= 0.3 is 0 Å². The van der Waals surface area contributed by atoms with Crippen molar-refractivity contribution in [1.82, 2.24) is 0 Å². The van der Waals surface area contributed by atoms with Crippen molar-refractivity contribution >= 4 is 34.7 Å². The quantitative estimate of drug-likeness (QED) is 0.372. The highest BCUT2D eigenvalue weighted by molar-refractivity contribution is 6.31. The summed E-state index contributed by atoms with van der Waals surface area (Å²) in [7, 11) is 1.61. The first kappa shape index (κ1) is 23.9. The van der Waals surface area contributed by atoms with Crippen LogP contribution in [0.4, 0.5) is 5.69 Å². The molecular weight excluding hydrogens is 472 g/mol. The smallest absolute Gasteiger partial charge is 0.161 e. The Morgan fingerprint density at radius 1 is 1.06 bits per heavy atom. The minimum Gasteiger partial charge on any atom is -0.507 e. The van der Waals surface area contributed by atoms with E-state index in [-0.39, 0.29) is 17.4 Å². The van der Waals surface area contributed by atoms with Crippen LogP contribution in [0.15, 0.2) is 89.6 Å². The average Bonchev–Trinajstić information content (AvgIpc) is 2.88. The fraction of sp³-hybridized carbons (Fsp3) is 0.200. The van der Waals surface area contributed by atoms with E-state index in [1.54, 1.807) is 24.1 Å². The van der Waals surface area contributed by atoms with Gasteiger partial charge < -0.3 is 9.84 Å². The van der Waals surface area contributed by atoms with Gasteiger partial charge in [-0.2, -0.15) is 0 Å². The highest BCUT2D eigenvalue weighted by atomic mass is 35.5. The maximum atomic E-state index is 13.5. The molecule has 0 saturated carbocycles. The fourth-order valence-corrected chi connectivity index (χ4v) is 5.27. The lowest BCUT2D eigenvalue weighted by Crippen LogP contribution is -2.42. The predicted molar refractivity (Wildman–Crippen MR) is 144 cm³/mol. The van der Waals surface area contributed by atoms with Crippen LogP contribution in [0.1, 0.15) is 41.9 Å². The molecule has 0 amide bonds. The molecule has 1 unspecified atom stereocenters. The molecule has 0 aromatic heterocycles. The molecule has 6 heteroatoms. The van der Waals surface area contributed by atoms with Crippen molar-refractivity contribution in [3.8, 4) is 5.75 Å². The van der Waals surface area contributed by atoms with E-state index < -0.39 is 5.92 Å². The molecule has 0 radical (unpaired) electrons. The van der Waals surface area contributed by atoms with Gasteiger partial charge in [-0.25, -0.2) is 0 Å². The van der Waals surface area contributed by atoms with Gasteiger partial charge in [-0.15, -0.1) is 0 Å². The minimum atomic E-state index is -0.581. The summed E-state index contributed by atoms with van der Waals surface area (Å²) >= 11 is 6.32. The van der Waals surface area contributed by atoms with Crippen LogP contribution in [-0.2, 0) is 4.79 Å². The Labute approximate surface area is 215 Å². The first-order chi connectivity index (χ1) is 17.4. The number of halogens is 1. The molecule has 2 aliphatic rings. The van der Waals surface area contributed by atoms with E-state index in [9.17, 15) is 15.3 Å². The number of Topliss-reactive ketones (excluding diaryl/α,β-unsaturated/α-hetero) is 1. The molecule has 0 fully saturated rings. The summed E-state index contributed by atoms with van der Waals surface area (Å²) < 4.78 is 5.34. The Hall–Kier alpha value is -3.83. The SMILES string of the molecule is COc1ccc(C2C3=C(CCCC3=O)N(c3cccc(Cl)c3)C(=N)/C2=C(/O)c2ccc(C)cc2)cc1. The Morgan fingerprint density at radius 3 is 2.44 bits per heavy atom. The van der Waals surface area contributed by atoms with Crippen LogP contribution in [0.2, 0.25) is 5.02 Å². The zero-order valence-electron chi connectivity index (χ0n) is 20.2. The number of rotatable bonds is 4. The van der Waals surface area contributed by atoms with Crippen molar-refractivity contribution in [2.24, 2.45) is 0 Å². The molecule has 0 spiro atoms. The monoisotopic (exact) mass is 498 g/mol. The van der Waals surface area contributed by atoms with E-state index in [1.165, 1.54) is 0 Å². The minimum absolute atomic E-state index is 0.0160. The van der Waals surface area contributed by atoms with Crippen LogP contribution < -0.4 is 9.64 Å². The molecule has 0 saturated heterocycles. The first-order valence-corrected chi connectivity index (χ1v) is 12.3. The van der Waals surface area contributed by atoms with Crippen LogP contribution in [-0.4, -0.2) is 23.8 Å². The van der Waals surface area contributed by atoms with Gasteiger partial charge in [0.1, 0.15) is 17.3 Å². The number of anilines is 1. The third-order valence-corrected chi connectivity index (χ3v) is 7.09. The molecule has 1 heterocycles. The zero-order chi connectivity index (χ0) is 25.4. The molecule has 3 aromatic rings. The van der Waals surface area contributed by atoms with E-state index >= 15 is 0 Å². The Bertz CT molecular complexity index is 1400. The van der Waals surface area contributed by atoms with E-state index in [2.05, 4.69) is 0 Å².